The van der Waals surface area contributed by atoms with E-state index in [9.17, 15) is 4.79 Å². The summed E-state index contributed by atoms with van der Waals surface area (Å²) in [6, 6.07) is 2.04. The summed E-state index contributed by atoms with van der Waals surface area (Å²) in [5.41, 5.74) is 0.833. The number of aromatic nitrogens is 4. The third-order valence-electron chi connectivity index (χ3n) is 3.99. The third kappa shape index (κ3) is 4.85. The first-order valence-corrected chi connectivity index (χ1v) is 8.96. The number of aromatic amines is 1. The van der Waals surface area contributed by atoms with Gasteiger partial charge in [0.25, 0.3) is 0 Å². The summed E-state index contributed by atoms with van der Waals surface area (Å²) in [4.78, 5) is 20.6. The molecule has 1 aliphatic rings. The highest BCUT2D eigenvalue weighted by Crippen LogP contribution is 2.26. The molecule has 2 unspecified atom stereocenters. The molecule has 1 fully saturated rings. The Morgan fingerprint density at radius 1 is 1.35 bits per heavy atom. The largest absolute Gasteiger partial charge is 0.444 e. The SMILES string of the molecule is CC(C)(C)OC(=O)NC1CCC(Nc2ncc(Cl)c(-c3ccn[nH]3)n2)C1. The van der Waals surface area contributed by atoms with Gasteiger partial charge in [-0.15, -0.1) is 0 Å². The van der Waals surface area contributed by atoms with E-state index in [-0.39, 0.29) is 18.2 Å². The van der Waals surface area contributed by atoms with Gasteiger partial charge in [-0.05, 0) is 46.1 Å². The van der Waals surface area contributed by atoms with Crippen LogP contribution in [0.2, 0.25) is 5.02 Å². The van der Waals surface area contributed by atoms with E-state index in [0.29, 0.717) is 16.7 Å². The van der Waals surface area contributed by atoms with E-state index >= 15 is 0 Å². The zero-order valence-electron chi connectivity index (χ0n) is 15.0. The first-order chi connectivity index (χ1) is 12.3. The van der Waals surface area contributed by atoms with Crippen molar-refractivity contribution in [1.29, 1.82) is 0 Å². The van der Waals surface area contributed by atoms with Crippen LogP contribution in [0.15, 0.2) is 18.5 Å². The first kappa shape index (κ1) is 18.4. The highest BCUT2D eigenvalue weighted by atomic mass is 35.5. The fourth-order valence-corrected chi connectivity index (χ4v) is 3.11. The second-order valence-electron chi connectivity index (χ2n) is 7.36. The lowest BCUT2D eigenvalue weighted by atomic mass is 10.2. The Balaban J connectivity index is 1.57. The van der Waals surface area contributed by atoms with Gasteiger partial charge in [0.2, 0.25) is 5.95 Å². The van der Waals surface area contributed by atoms with Crippen molar-refractivity contribution in [3.05, 3.63) is 23.5 Å². The van der Waals surface area contributed by atoms with Crippen LogP contribution < -0.4 is 10.6 Å². The Hall–Kier alpha value is -2.35. The molecule has 2 atom stereocenters. The monoisotopic (exact) mass is 378 g/mol. The van der Waals surface area contributed by atoms with Gasteiger partial charge in [0.1, 0.15) is 11.3 Å². The number of amides is 1. The molecule has 3 N–H and O–H groups in total. The zero-order chi connectivity index (χ0) is 18.7. The number of hydrogen-bond donors (Lipinski definition) is 3. The Morgan fingerprint density at radius 2 is 2.12 bits per heavy atom. The number of hydrogen-bond acceptors (Lipinski definition) is 6. The second-order valence-corrected chi connectivity index (χ2v) is 7.77. The van der Waals surface area contributed by atoms with Gasteiger partial charge in [-0.2, -0.15) is 5.10 Å². The summed E-state index contributed by atoms with van der Waals surface area (Å²) in [5, 5.41) is 13.5. The molecule has 0 aromatic carbocycles. The van der Waals surface area contributed by atoms with E-state index in [1.807, 2.05) is 20.8 Å². The van der Waals surface area contributed by atoms with Crippen molar-refractivity contribution in [2.24, 2.45) is 0 Å². The van der Waals surface area contributed by atoms with Crippen LogP contribution in [0.4, 0.5) is 10.7 Å². The number of nitrogens with one attached hydrogen (secondary N) is 3. The van der Waals surface area contributed by atoms with Crippen molar-refractivity contribution in [1.82, 2.24) is 25.5 Å². The van der Waals surface area contributed by atoms with Crippen LogP contribution >= 0.6 is 11.6 Å². The number of ether oxygens (including phenoxy) is 1. The van der Waals surface area contributed by atoms with E-state index < -0.39 is 5.60 Å². The van der Waals surface area contributed by atoms with Crippen molar-refractivity contribution in [2.45, 2.75) is 57.7 Å². The molecule has 2 aromatic rings. The molecule has 0 radical (unpaired) electrons. The normalized spacial score (nSPS) is 20.0. The van der Waals surface area contributed by atoms with Crippen LogP contribution in [0, 0.1) is 0 Å². The number of anilines is 1. The minimum atomic E-state index is -0.499. The standard InChI is InChI=1S/C17H23ClN6O2/c1-17(2,3)26-16(25)22-11-5-4-10(8-11)21-15-19-9-12(18)14(23-15)13-6-7-20-24-13/h6-7,9-11H,4-5,8H2,1-3H3,(H,20,24)(H,22,25)(H,19,21,23). The van der Waals surface area contributed by atoms with Crippen LogP contribution in [0.3, 0.4) is 0 Å². The van der Waals surface area contributed by atoms with Gasteiger partial charge >= 0.3 is 6.09 Å². The summed E-state index contributed by atoms with van der Waals surface area (Å²) >= 11 is 6.18. The molecular formula is C17H23ClN6O2. The summed E-state index contributed by atoms with van der Waals surface area (Å²) in [7, 11) is 0. The fraction of sp³-hybridized carbons (Fsp3) is 0.529. The topological polar surface area (TPSA) is 105 Å². The number of H-pyrrole nitrogens is 1. The van der Waals surface area contributed by atoms with Crippen LogP contribution in [0.25, 0.3) is 11.4 Å². The van der Waals surface area contributed by atoms with Crippen LogP contribution in [-0.2, 0) is 4.74 Å². The van der Waals surface area contributed by atoms with Gasteiger partial charge < -0.3 is 15.4 Å². The van der Waals surface area contributed by atoms with Gasteiger partial charge in [0, 0.05) is 18.3 Å². The van der Waals surface area contributed by atoms with Gasteiger partial charge in [-0.1, -0.05) is 11.6 Å². The predicted octanol–water partition coefficient (Wildman–Crippen LogP) is 3.38. The van der Waals surface area contributed by atoms with Crippen LogP contribution in [0.1, 0.15) is 40.0 Å². The smallest absolute Gasteiger partial charge is 0.407 e. The minimum Gasteiger partial charge on any atom is -0.444 e. The maximum absolute atomic E-state index is 11.9. The molecule has 8 nitrogen and oxygen atoms in total. The molecule has 1 amide bonds. The van der Waals surface area contributed by atoms with Gasteiger partial charge in [-0.3, -0.25) is 5.10 Å². The summed E-state index contributed by atoms with van der Waals surface area (Å²) in [5.74, 6) is 0.502. The van der Waals surface area contributed by atoms with Gasteiger partial charge in [-0.25, -0.2) is 14.8 Å². The average Bonchev–Trinajstić information content (AvgIpc) is 3.19. The molecule has 0 aliphatic heterocycles. The van der Waals surface area contributed by atoms with Crippen molar-refractivity contribution >= 4 is 23.6 Å². The Bertz CT molecular complexity index is 759. The summed E-state index contributed by atoms with van der Waals surface area (Å²) < 4.78 is 5.30. The van der Waals surface area contributed by atoms with E-state index in [1.54, 1.807) is 18.5 Å². The number of nitrogens with zero attached hydrogens (tertiary/aromatic N) is 3. The highest BCUT2D eigenvalue weighted by molar-refractivity contribution is 6.32. The Morgan fingerprint density at radius 3 is 2.81 bits per heavy atom. The Kier molecular flexibility index (Phi) is 5.31. The van der Waals surface area contributed by atoms with E-state index in [0.717, 1.165) is 25.0 Å². The van der Waals surface area contributed by atoms with Crippen LogP contribution in [-0.4, -0.2) is 43.9 Å². The van der Waals surface area contributed by atoms with Gasteiger partial charge in [0.15, 0.2) is 0 Å². The first-order valence-electron chi connectivity index (χ1n) is 8.58. The number of halogens is 1. The van der Waals surface area contributed by atoms with E-state index in [4.69, 9.17) is 16.3 Å². The molecule has 1 aliphatic carbocycles. The third-order valence-corrected chi connectivity index (χ3v) is 4.26. The molecule has 0 spiro atoms. The number of rotatable bonds is 4. The lowest BCUT2D eigenvalue weighted by Crippen LogP contribution is -2.38. The molecule has 3 rings (SSSR count). The number of alkyl carbamates (subject to hydrolysis) is 1. The summed E-state index contributed by atoms with van der Waals surface area (Å²) in [6.45, 7) is 5.54. The molecule has 1 saturated carbocycles. The minimum absolute atomic E-state index is 0.0710. The predicted molar refractivity (Wildman–Crippen MR) is 99.0 cm³/mol. The fourth-order valence-electron chi connectivity index (χ4n) is 2.91. The van der Waals surface area contributed by atoms with Crippen molar-refractivity contribution in [3.8, 4) is 11.4 Å². The molecule has 9 heteroatoms. The molecule has 2 heterocycles. The molecule has 2 aromatic heterocycles. The van der Waals surface area contributed by atoms with Crippen molar-refractivity contribution in [3.63, 3.8) is 0 Å². The zero-order valence-corrected chi connectivity index (χ0v) is 15.8. The lowest BCUT2D eigenvalue weighted by Gasteiger charge is -2.21. The van der Waals surface area contributed by atoms with Crippen molar-refractivity contribution in [2.75, 3.05) is 5.32 Å². The highest BCUT2D eigenvalue weighted by Gasteiger charge is 2.28. The number of carbonyl (C=O) groups excluding carboxylic acids is 1. The van der Waals surface area contributed by atoms with Crippen molar-refractivity contribution < 1.29 is 9.53 Å². The van der Waals surface area contributed by atoms with Crippen LogP contribution in [0.5, 0.6) is 0 Å². The second kappa shape index (κ2) is 7.49. The van der Waals surface area contributed by atoms with Gasteiger partial charge in [0.05, 0.1) is 16.9 Å². The molecular weight excluding hydrogens is 356 g/mol. The van der Waals surface area contributed by atoms with E-state index in [1.165, 1.54) is 0 Å². The quantitative estimate of drug-likeness (QED) is 0.753. The molecule has 0 saturated heterocycles. The lowest BCUT2D eigenvalue weighted by molar-refractivity contribution is 0.0505. The average molecular weight is 379 g/mol. The molecule has 0 bridgehead atoms. The Labute approximate surface area is 157 Å². The molecule has 26 heavy (non-hydrogen) atoms. The maximum atomic E-state index is 11.9. The maximum Gasteiger partial charge on any atom is 0.407 e. The number of carbonyl (C=O) groups is 1. The molecule has 140 valence electrons. The van der Waals surface area contributed by atoms with E-state index in [2.05, 4.69) is 30.8 Å². The summed E-state index contributed by atoms with van der Waals surface area (Å²) in [6.07, 6.45) is 5.39.